The van der Waals surface area contributed by atoms with Gasteiger partial charge in [-0.2, -0.15) is 13.7 Å². The second kappa shape index (κ2) is 5.66. The number of nitrogens with zero attached hydrogens (tertiary/aromatic N) is 2. The molecule has 0 spiro atoms. The number of fused-ring (bicyclic) bond motifs is 1. The van der Waals surface area contributed by atoms with Crippen LogP contribution in [0.5, 0.6) is 5.75 Å². The molecule has 0 radical (unpaired) electrons. The molecule has 2 aromatic carbocycles. The Bertz CT molecular complexity index is 1220. The fourth-order valence-electron chi connectivity index (χ4n) is 2.74. The smallest absolute Gasteiger partial charge is 0.330 e. The fraction of sp³-hybridized carbons (Fsp3) is 0. The van der Waals surface area contributed by atoms with Gasteiger partial charge in [-0.1, -0.05) is 12.1 Å². The number of nitriles is 1. The summed E-state index contributed by atoms with van der Waals surface area (Å²) in [6.45, 7) is 0. The lowest BCUT2D eigenvalue weighted by molar-refractivity contribution is 0.392. The van der Waals surface area contributed by atoms with Crippen molar-refractivity contribution in [1.29, 1.82) is 5.26 Å². The van der Waals surface area contributed by atoms with Crippen molar-refractivity contribution >= 4 is 38.0 Å². The lowest BCUT2D eigenvalue weighted by Gasteiger charge is -2.16. The number of hydrogen-bond donors (Lipinski definition) is 3. The number of rotatable bonds is 2. The van der Waals surface area contributed by atoms with Gasteiger partial charge in [0.15, 0.2) is 0 Å². The average molecular weight is 385 g/mol. The molecule has 0 unspecified atom stereocenters. The summed E-state index contributed by atoms with van der Waals surface area (Å²) in [6, 6.07) is 14.2. The summed E-state index contributed by atoms with van der Waals surface area (Å²) >= 11 is 1.36. The van der Waals surface area contributed by atoms with E-state index in [1.807, 2.05) is 29.0 Å². The SMILES string of the molecule is N#Cc1ccc(-c2ccc3cc(O)c(N4C=C(O)NS4(=O)=O)cc3c2)s1. The van der Waals surface area contributed by atoms with Gasteiger partial charge in [0.25, 0.3) is 0 Å². The van der Waals surface area contributed by atoms with Gasteiger partial charge >= 0.3 is 10.2 Å². The summed E-state index contributed by atoms with van der Waals surface area (Å²) in [6.07, 6.45) is 0.985. The highest BCUT2D eigenvalue weighted by molar-refractivity contribution is 7.91. The van der Waals surface area contributed by atoms with Crippen molar-refractivity contribution in [2.24, 2.45) is 0 Å². The van der Waals surface area contributed by atoms with E-state index in [1.54, 1.807) is 6.07 Å². The fourth-order valence-corrected chi connectivity index (χ4v) is 4.60. The van der Waals surface area contributed by atoms with E-state index in [4.69, 9.17) is 5.26 Å². The maximum Gasteiger partial charge on any atom is 0.330 e. The van der Waals surface area contributed by atoms with E-state index in [-0.39, 0.29) is 11.4 Å². The number of anilines is 1. The molecule has 4 rings (SSSR count). The molecule has 2 heterocycles. The Morgan fingerprint density at radius 2 is 1.88 bits per heavy atom. The van der Waals surface area contributed by atoms with Crippen molar-refractivity contribution in [2.45, 2.75) is 0 Å². The molecule has 7 nitrogen and oxygen atoms in total. The zero-order chi connectivity index (χ0) is 18.5. The summed E-state index contributed by atoms with van der Waals surface area (Å²) < 4.78 is 26.8. The maximum atomic E-state index is 12.0. The van der Waals surface area contributed by atoms with Crippen LogP contribution in [0.2, 0.25) is 0 Å². The van der Waals surface area contributed by atoms with Crippen LogP contribution >= 0.6 is 11.3 Å². The van der Waals surface area contributed by atoms with Gasteiger partial charge in [-0.05, 0) is 46.7 Å². The first-order chi connectivity index (χ1) is 12.4. The van der Waals surface area contributed by atoms with E-state index in [0.29, 0.717) is 10.3 Å². The number of aliphatic hydroxyl groups is 1. The molecule has 26 heavy (non-hydrogen) atoms. The van der Waals surface area contributed by atoms with Gasteiger partial charge in [-0.25, -0.2) is 9.03 Å². The van der Waals surface area contributed by atoms with Crippen molar-refractivity contribution in [3.05, 3.63) is 59.4 Å². The van der Waals surface area contributed by atoms with Crippen LogP contribution in [0.1, 0.15) is 4.88 Å². The first kappa shape index (κ1) is 16.3. The molecule has 0 amide bonds. The lowest BCUT2D eigenvalue weighted by atomic mass is 10.0. The molecule has 9 heteroatoms. The molecule has 0 atom stereocenters. The number of aliphatic hydroxyl groups excluding tert-OH is 1. The second-order valence-corrected chi connectivity index (χ2v) is 8.23. The first-order valence-electron chi connectivity index (χ1n) is 7.37. The number of benzene rings is 2. The minimum atomic E-state index is -4.00. The predicted molar refractivity (Wildman–Crippen MR) is 98.9 cm³/mol. The van der Waals surface area contributed by atoms with Gasteiger partial charge in [-0.3, -0.25) is 0 Å². The third-order valence-electron chi connectivity index (χ3n) is 3.90. The average Bonchev–Trinajstić information content (AvgIpc) is 3.17. The van der Waals surface area contributed by atoms with Gasteiger partial charge in [0.2, 0.25) is 5.88 Å². The Labute approximate surface area is 152 Å². The maximum absolute atomic E-state index is 12.0. The number of phenols is 1. The van der Waals surface area contributed by atoms with Crippen molar-refractivity contribution in [2.75, 3.05) is 4.31 Å². The quantitative estimate of drug-likeness (QED) is 0.627. The second-order valence-electron chi connectivity index (χ2n) is 5.60. The van der Waals surface area contributed by atoms with Crippen LogP contribution in [0.3, 0.4) is 0 Å². The zero-order valence-electron chi connectivity index (χ0n) is 13.0. The van der Waals surface area contributed by atoms with E-state index in [2.05, 4.69) is 6.07 Å². The topological polar surface area (TPSA) is 114 Å². The number of thiophene rings is 1. The predicted octanol–water partition coefficient (Wildman–Crippen LogP) is 3.16. The van der Waals surface area contributed by atoms with Crippen LogP contribution in [0.25, 0.3) is 21.2 Å². The Hall–Kier alpha value is -3.22. The molecule has 0 aliphatic carbocycles. The van der Waals surface area contributed by atoms with E-state index in [0.717, 1.165) is 26.3 Å². The van der Waals surface area contributed by atoms with Gasteiger partial charge in [0, 0.05) is 4.88 Å². The third kappa shape index (κ3) is 2.61. The van der Waals surface area contributed by atoms with Gasteiger partial charge in [0.05, 0.1) is 6.20 Å². The van der Waals surface area contributed by atoms with Gasteiger partial charge in [-0.15, -0.1) is 11.3 Å². The summed E-state index contributed by atoms with van der Waals surface area (Å²) in [7, 11) is -4.00. The molecule has 0 saturated heterocycles. The Morgan fingerprint density at radius 1 is 1.08 bits per heavy atom. The normalized spacial score (nSPS) is 15.5. The Kier molecular flexibility index (Phi) is 3.54. The first-order valence-corrected chi connectivity index (χ1v) is 9.63. The van der Waals surface area contributed by atoms with E-state index in [9.17, 15) is 18.6 Å². The van der Waals surface area contributed by atoms with Gasteiger partial charge in [0.1, 0.15) is 22.4 Å². The van der Waals surface area contributed by atoms with E-state index < -0.39 is 16.1 Å². The van der Waals surface area contributed by atoms with Crippen LogP contribution in [-0.2, 0) is 10.2 Å². The largest absolute Gasteiger partial charge is 0.506 e. The molecular formula is C17H11N3O4S2. The molecule has 0 fully saturated rings. The molecule has 0 bridgehead atoms. The highest BCUT2D eigenvalue weighted by atomic mass is 32.2. The van der Waals surface area contributed by atoms with Crippen molar-refractivity contribution < 1.29 is 18.6 Å². The number of hydrogen-bond acceptors (Lipinski definition) is 6. The highest BCUT2D eigenvalue weighted by Gasteiger charge is 2.30. The van der Waals surface area contributed by atoms with Crippen LogP contribution < -0.4 is 9.03 Å². The van der Waals surface area contributed by atoms with Crippen molar-refractivity contribution in [1.82, 2.24) is 4.72 Å². The molecule has 130 valence electrons. The number of nitrogens with one attached hydrogen (secondary N) is 1. The molecule has 3 aromatic rings. The number of phenolic OH excluding ortho intramolecular Hbond substituents is 1. The summed E-state index contributed by atoms with van der Waals surface area (Å²) in [5.74, 6) is -0.759. The van der Waals surface area contributed by atoms with Crippen LogP contribution in [0, 0.1) is 11.3 Å². The van der Waals surface area contributed by atoms with E-state index in [1.165, 1.54) is 23.5 Å². The number of aromatic hydroxyl groups is 1. The monoisotopic (exact) mass is 385 g/mol. The highest BCUT2D eigenvalue weighted by Crippen LogP contribution is 2.37. The molecular weight excluding hydrogens is 374 g/mol. The van der Waals surface area contributed by atoms with Gasteiger partial charge < -0.3 is 10.2 Å². The standard InChI is InChI=1S/C17H11N3O4S2/c18-8-13-3-4-16(25-13)11-2-1-10-7-15(21)14(6-12(10)5-11)20-9-17(22)19-26(20,23)24/h1-7,9,19,21-22H. The zero-order valence-corrected chi connectivity index (χ0v) is 14.7. The van der Waals surface area contributed by atoms with Crippen molar-refractivity contribution in [3.63, 3.8) is 0 Å². The molecule has 0 saturated carbocycles. The van der Waals surface area contributed by atoms with Crippen molar-refractivity contribution in [3.8, 4) is 22.3 Å². The molecule has 1 aliphatic heterocycles. The third-order valence-corrected chi connectivity index (χ3v) is 6.23. The Morgan fingerprint density at radius 3 is 2.54 bits per heavy atom. The minimum absolute atomic E-state index is 0.0232. The summed E-state index contributed by atoms with van der Waals surface area (Å²) in [4.78, 5) is 1.51. The molecule has 1 aliphatic rings. The molecule has 3 N–H and O–H groups in total. The molecule has 1 aromatic heterocycles. The Balaban J connectivity index is 1.86. The van der Waals surface area contributed by atoms with Crippen LogP contribution in [-0.4, -0.2) is 18.6 Å². The summed E-state index contributed by atoms with van der Waals surface area (Å²) in [5, 5.41) is 30.1. The lowest BCUT2D eigenvalue weighted by Crippen LogP contribution is -2.29. The van der Waals surface area contributed by atoms with Crippen LogP contribution in [0.15, 0.2) is 54.5 Å². The minimum Gasteiger partial charge on any atom is -0.506 e. The summed E-state index contributed by atoms with van der Waals surface area (Å²) in [5.41, 5.74) is 0.900. The van der Waals surface area contributed by atoms with Crippen LogP contribution in [0.4, 0.5) is 5.69 Å². The van der Waals surface area contributed by atoms with E-state index >= 15 is 0 Å².